The van der Waals surface area contributed by atoms with Gasteiger partial charge in [-0.1, -0.05) is 0 Å². The fourth-order valence-corrected chi connectivity index (χ4v) is 5.36. The summed E-state index contributed by atoms with van der Waals surface area (Å²) in [7, 11) is 1.96. The molecule has 0 bridgehead atoms. The fraction of sp³-hybridized carbons (Fsp3) is 0.364. The molecule has 5 rings (SSSR count). The van der Waals surface area contributed by atoms with Crippen molar-refractivity contribution in [3.05, 3.63) is 52.9 Å². The van der Waals surface area contributed by atoms with Crippen LogP contribution in [0.25, 0.3) is 21.6 Å². The zero-order chi connectivity index (χ0) is 19.8. The first-order chi connectivity index (χ1) is 14.2. The third-order valence-electron chi connectivity index (χ3n) is 5.53. The number of rotatable bonds is 5. The van der Waals surface area contributed by atoms with Crippen LogP contribution in [0.1, 0.15) is 35.8 Å². The van der Waals surface area contributed by atoms with Gasteiger partial charge in [-0.15, -0.1) is 11.3 Å². The Balaban J connectivity index is 1.69. The first kappa shape index (κ1) is 18.2. The molecule has 0 spiro atoms. The molecule has 148 valence electrons. The number of aryl methyl sites for hydroxylation is 3. The van der Waals surface area contributed by atoms with Crippen LogP contribution < -0.4 is 4.90 Å². The van der Waals surface area contributed by atoms with E-state index in [1.807, 2.05) is 47.6 Å². The van der Waals surface area contributed by atoms with Crippen molar-refractivity contribution in [1.82, 2.24) is 24.7 Å². The van der Waals surface area contributed by atoms with Gasteiger partial charge in [0.25, 0.3) is 0 Å². The topological polar surface area (TPSA) is 59.7 Å². The molecule has 7 heteroatoms. The molecule has 0 aromatic carbocycles. The second-order valence-corrected chi connectivity index (χ2v) is 8.62. The summed E-state index contributed by atoms with van der Waals surface area (Å²) >= 11 is 1.85. The van der Waals surface area contributed by atoms with E-state index in [-0.39, 0.29) is 0 Å². The molecular weight excluding hydrogens is 380 g/mol. The van der Waals surface area contributed by atoms with E-state index in [0.29, 0.717) is 0 Å². The lowest BCUT2D eigenvalue weighted by molar-refractivity contribution is 0.699. The minimum absolute atomic E-state index is 0.754. The summed E-state index contributed by atoms with van der Waals surface area (Å²) in [4.78, 5) is 19.3. The Hall–Kier alpha value is -2.80. The Kier molecular flexibility index (Phi) is 4.75. The first-order valence-corrected chi connectivity index (χ1v) is 11.0. The average molecular weight is 405 g/mol. The van der Waals surface area contributed by atoms with Crippen LogP contribution in [-0.2, 0) is 26.4 Å². The van der Waals surface area contributed by atoms with E-state index in [1.54, 1.807) is 6.20 Å². The molecule has 0 unspecified atom stereocenters. The maximum Gasteiger partial charge on any atom is 0.164 e. The molecule has 0 amide bonds. The van der Waals surface area contributed by atoms with E-state index in [9.17, 15) is 0 Å². The minimum Gasteiger partial charge on any atom is -0.352 e. The quantitative estimate of drug-likeness (QED) is 0.494. The van der Waals surface area contributed by atoms with Gasteiger partial charge in [-0.3, -0.25) is 9.67 Å². The van der Waals surface area contributed by atoms with Gasteiger partial charge < -0.3 is 4.90 Å². The number of fused-ring (bicyclic) bond motifs is 3. The number of aromatic nitrogens is 5. The van der Waals surface area contributed by atoms with E-state index >= 15 is 0 Å². The molecule has 4 aromatic rings. The molecule has 6 nitrogen and oxygen atoms in total. The van der Waals surface area contributed by atoms with Crippen molar-refractivity contribution >= 4 is 27.4 Å². The average Bonchev–Trinajstić information content (AvgIpc) is 3.34. The van der Waals surface area contributed by atoms with Crippen LogP contribution >= 0.6 is 11.3 Å². The summed E-state index contributed by atoms with van der Waals surface area (Å²) in [6.07, 6.45) is 12.4. The van der Waals surface area contributed by atoms with Crippen LogP contribution in [0.5, 0.6) is 0 Å². The number of nitrogens with zero attached hydrogens (tertiary/aromatic N) is 6. The predicted molar refractivity (Wildman–Crippen MR) is 117 cm³/mol. The fourth-order valence-electron chi connectivity index (χ4n) is 4.10. The lowest BCUT2D eigenvalue weighted by Gasteiger charge is -2.23. The minimum atomic E-state index is 0.754. The van der Waals surface area contributed by atoms with Crippen molar-refractivity contribution in [1.29, 1.82) is 0 Å². The number of anilines is 1. The van der Waals surface area contributed by atoms with E-state index in [0.717, 1.165) is 48.0 Å². The second kappa shape index (κ2) is 7.55. The van der Waals surface area contributed by atoms with Crippen LogP contribution in [0, 0.1) is 0 Å². The molecule has 0 radical (unpaired) electrons. The Morgan fingerprint density at radius 3 is 2.83 bits per heavy atom. The molecule has 0 saturated heterocycles. The lowest BCUT2D eigenvalue weighted by Crippen LogP contribution is -2.24. The van der Waals surface area contributed by atoms with Crippen LogP contribution in [0.15, 0.2) is 36.9 Å². The molecule has 0 saturated carbocycles. The van der Waals surface area contributed by atoms with E-state index < -0.39 is 0 Å². The van der Waals surface area contributed by atoms with Crippen LogP contribution in [0.4, 0.5) is 5.82 Å². The van der Waals surface area contributed by atoms with Gasteiger partial charge in [0, 0.05) is 54.7 Å². The smallest absolute Gasteiger partial charge is 0.164 e. The zero-order valence-corrected chi connectivity index (χ0v) is 17.6. The maximum absolute atomic E-state index is 5.08. The molecule has 0 N–H and O–H groups in total. The van der Waals surface area contributed by atoms with Gasteiger partial charge in [-0.05, 0) is 50.3 Å². The summed E-state index contributed by atoms with van der Waals surface area (Å²) in [5, 5.41) is 5.59. The van der Waals surface area contributed by atoms with Gasteiger partial charge in [-0.2, -0.15) is 5.10 Å². The van der Waals surface area contributed by atoms with Crippen molar-refractivity contribution in [2.24, 2.45) is 7.05 Å². The highest BCUT2D eigenvalue weighted by molar-refractivity contribution is 7.19. The van der Waals surface area contributed by atoms with Gasteiger partial charge >= 0.3 is 0 Å². The van der Waals surface area contributed by atoms with Gasteiger partial charge in [0.2, 0.25) is 0 Å². The van der Waals surface area contributed by atoms with Gasteiger partial charge in [0.1, 0.15) is 10.6 Å². The molecule has 1 aliphatic carbocycles. The van der Waals surface area contributed by atoms with Crippen LogP contribution in [0.2, 0.25) is 0 Å². The molecule has 4 heterocycles. The van der Waals surface area contributed by atoms with E-state index in [4.69, 9.17) is 9.97 Å². The highest BCUT2D eigenvalue weighted by Crippen LogP contribution is 2.41. The summed E-state index contributed by atoms with van der Waals surface area (Å²) in [5.41, 5.74) is 3.61. The molecule has 4 aromatic heterocycles. The molecular formula is C22H24N6S. The Labute approximate surface area is 174 Å². The maximum atomic E-state index is 5.08. The zero-order valence-electron chi connectivity index (χ0n) is 16.8. The third-order valence-corrected chi connectivity index (χ3v) is 6.71. The SMILES string of the molecule is CCN(Cc1cnn(C)c1)c1nc(-c2cccnc2)nc2sc3c(c12)CCCC3. The molecule has 0 atom stereocenters. The predicted octanol–water partition coefficient (Wildman–Crippen LogP) is 4.39. The monoisotopic (exact) mass is 404 g/mol. The Morgan fingerprint density at radius 1 is 1.17 bits per heavy atom. The van der Waals surface area contributed by atoms with Gasteiger partial charge in [0.05, 0.1) is 11.6 Å². The highest BCUT2D eigenvalue weighted by Gasteiger charge is 2.24. The number of thiophene rings is 1. The Bertz CT molecular complexity index is 1150. The summed E-state index contributed by atoms with van der Waals surface area (Å²) in [6, 6.07) is 3.97. The largest absolute Gasteiger partial charge is 0.352 e. The van der Waals surface area contributed by atoms with Crippen LogP contribution in [-0.4, -0.2) is 31.3 Å². The Morgan fingerprint density at radius 2 is 2.07 bits per heavy atom. The number of hydrogen-bond donors (Lipinski definition) is 0. The van der Waals surface area contributed by atoms with Crippen molar-refractivity contribution in [2.75, 3.05) is 11.4 Å². The van der Waals surface area contributed by atoms with Gasteiger partial charge in [-0.25, -0.2) is 9.97 Å². The highest BCUT2D eigenvalue weighted by atomic mass is 32.1. The lowest BCUT2D eigenvalue weighted by atomic mass is 9.97. The van der Waals surface area contributed by atoms with Gasteiger partial charge in [0.15, 0.2) is 5.82 Å². The van der Waals surface area contributed by atoms with Crippen LogP contribution in [0.3, 0.4) is 0 Å². The molecule has 0 aliphatic heterocycles. The van der Waals surface area contributed by atoms with Crippen molar-refractivity contribution < 1.29 is 0 Å². The van der Waals surface area contributed by atoms with Crippen molar-refractivity contribution in [3.63, 3.8) is 0 Å². The van der Waals surface area contributed by atoms with E-state index in [1.165, 1.54) is 34.2 Å². The molecule has 0 fully saturated rings. The summed E-state index contributed by atoms with van der Waals surface area (Å²) in [5.74, 6) is 1.79. The first-order valence-electron chi connectivity index (χ1n) is 10.2. The summed E-state index contributed by atoms with van der Waals surface area (Å²) < 4.78 is 1.85. The standard InChI is InChI=1S/C22H24N6S/c1-3-28(14-15-11-24-27(2)13-15)21-19-17-8-4-5-9-18(17)29-22(19)26-20(25-21)16-7-6-10-23-12-16/h6-7,10-13H,3-5,8-9,14H2,1-2H3. The van der Waals surface area contributed by atoms with E-state index in [2.05, 4.69) is 28.1 Å². The second-order valence-electron chi connectivity index (χ2n) is 7.54. The third kappa shape index (κ3) is 3.40. The van der Waals surface area contributed by atoms with Crippen molar-refractivity contribution in [3.8, 4) is 11.4 Å². The number of pyridine rings is 1. The van der Waals surface area contributed by atoms with Crippen molar-refractivity contribution in [2.45, 2.75) is 39.2 Å². The normalized spacial score (nSPS) is 13.6. The number of hydrogen-bond acceptors (Lipinski definition) is 6. The summed E-state index contributed by atoms with van der Waals surface area (Å²) in [6.45, 7) is 3.85. The molecule has 29 heavy (non-hydrogen) atoms. The molecule has 1 aliphatic rings.